The van der Waals surface area contributed by atoms with Crippen LogP contribution in [-0.2, 0) is 4.79 Å². The Morgan fingerprint density at radius 1 is 1.14 bits per heavy atom. The minimum atomic E-state index is 0.208. The third-order valence-corrected chi connectivity index (χ3v) is 4.78. The van der Waals surface area contributed by atoms with Crippen molar-refractivity contribution in [3.05, 3.63) is 35.9 Å². The average molecular weight is 300 g/mol. The van der Waals surface area contributed by atoms with Crippen molar-refractivity contribution < 1.29 is 9.59 Å². The summed E-state index contributed by atoms with van der Waals surface area (Å²) in [6, 6.07) is 9.86. The first kappa shape index (κ1) is 15.2. The molecule has 2 aliphatic rings. The maximum absolute atomic E-state index is 12.2. The zero-order chi connectivity index (χ0) is 15.4. The largest absolute Gasteiger partial charge is 0.338 e. The van der Waals surface area contributed by atoms with Gasteiger partial charge in [0.25, 0.3) is 0 Å². The van der Waals surface area contributed by atoms with Gasteiger partial charge < -0.3 is 9.80 Å². The van der Waals surface area contributed by atoms with Crippen molar-refractivity contribution in [1.29, 1.82) is 0 Å². The molecule has 118 valence electrons. The van der Waals surface area contributed by atoms with Crippen LogP contribution in [0.2, 0.25) is 0 Å². The molecule has 0 saturated carbocycles. The second-order valence-corrected chi connectivity index (χ2v) is 6.33. The number of amides is 1. The Labute approximate surface area is 132 Å². The third-order valence-electron chi connectivity index (χ3n) is 4.78. The number of likely N-dealkylation sites (tertiary alicyclic amines) is 2. The molecule has 1 aromatic rings. The molecule has 0 radical (unpaired) electrons. The predicted molar refractivity (Wildman–Crippen MR) is 85.8 cm³/mol. The Hall–Kier alpha value is -1.68. The smallest absolute Gasteiger partial charge is 0.222 e. The van der Waals surface area contributed by atoms with Crippen molar-refractivity contribution in [1.82, 2.24) is 9.80 Å². The molecule has 2 heterocycles. The molecule has 0 spiro atoms. The molecule has 2 saturated heterocycles. The quantitative estimate of drug-likeness (QED) is 0.784. The second-order valence-electron chi connectivity index (χ2n) is 6.33. The van der Waals surface area contributed by atoms with Gasteiger partial charge in [-0.1, -0.05) is 30.3 Å². The highest BCUT2D eigenvalue weighted by Gasteiger charge is 2.31. The number of ketones is 1. The monoisotopic (exact) mass is 300 g/mol. The topological polar surface area (TPSA) is 40.6 Å². The standard InChI is InChI=1S/C18H24N2O2/c21-17(15-6-2-1-3-7-15)10-13-19-11-4-8-16(14-19)20-12-5-9-18(20)22/h1-3,6-7,16H,4-5,8-14H2/t16-/m1/s1. The number of carbonyl (C=O) groups excluding carboxylic acids is 2. The van der Waals surface area contributed by atoms with Crippen LogP contribution in [0.3, 0.4) is 0 Å². The first-order valence-electron chi connectivity index (χ1n) is 8.34. The van der Waals surface area contributed by atoms with Crippen LogP contribution in [0, 0.1) is 0 Å². The summed E-state index contributed by atoms with van der Waals surface area (Å²) in [6.45, 7) is 3.68. The van der Waals surface area contributed by atoms with Crippen LogP contribution in [0.4, 0.5) is 0 Å². The molecule has 0 unspecified atom stereocenters. The molecule has 3 rings (SSSR count). The van der Waals surface area contributed by atoms with Gasteiger partial charge >= 0.3 is 0 Å². The van der Waals surface area contributed by atoms with Gasteiger partial charge in [-0.25, -0.2) is 0 Å². The zero-order valence-electron chi connectivity index (χ0n) is 13.0. The van der Waals surface area contributed by atoms with E-state index in [1.54, 1.807) is 0 Å². The normalized spacial score (nSPS) is 23.0. The molecule has 0 aliphatic carbocycles. The van der Waals surface area contributed by atoms with E-state index in [1.165, 1.54) is 0 Å². The van der Waals surface area contributed by atoms with Crippen LogP contribution in [-0.4, -0.2) is 53.7 Å². The number of Topliss-reactive ketones (excluding diaryl/α,β-unsaturated/α-hetero) is 1. The fourth-order valence-corrected chi connectivity index (χ4v) is 3.57. The number of hydrogen-bond donors (Lipinski definition) is 0. The molecular formula is C18H24N2O2. The van der Waals surface area contributed by atoms with Crippen molar-refractivity contribution in [2.24, 2.45) is 0 Å². The van der Waals surface area contributed by atoms with Gasteiger partial charge in [-0.15, -0.1) is 0 Å². The van der Waals surface area contributed by atoms with Gasteiger partial charge in [0.1, 0.15) is 0 Å². The summed E-state index contributed by atoms with van der Waals surface area (Å²) >= 11 is 0. The fraction of sp³-hybridized carbons (Fsp3) is 0.556. The number of piperidine rings is 1. The highest BCUT2D eigenvalue weighted by atomic mass is 16.2. The first-order chi connectivity index (χ1) is 10.7. The molecule has 1 aromatic carbocycles. The van der Waals surface area contributed by atoms with E-state index in [-0.39, 0.29) is 5.78 Å². The molecular weight excluding hydrogens is 276 g/mol. The van der Waals surface area contributed by atoms with Gasteiger partial charge in [0.05, 0.1) is 0 Å². The Morgan fingerprint density at radius 3 is 2.68 bits per heavy atom. The summed E-state index contributed by atoms with van der Waals surface area (Å²) in [5, 5.41) is 0. The molecule has 4 heteroatoms. The lowest BCUT2D eigenvalue weighted by Gasteiger charge is -2.37. The summed E-state index contributed by atoms with van der Waals surface area (Å²) < 4.78 is 0. The van der Waals surface area contributed by atoms with Gasteiger partial charge in [0.2, 0.25) is 5.91 Å². The Bertz CT molecular complexity index is 529. The van der Waals surface area contributed by atoms with Crippen molar-refractivity contribution in [3.8, 4) is 0 Å². The fourth-order valence-electron chi connectivity index (χ4n) is 3.57. The number of carbonyl (C=O) groups is 2. The van der Waals surface area contributed by atoms with Crippen LogP contribution in [0.25, 0.3) is 0 Å². The predicted octanol–water partition coefficient (Wildman–Crippen LogP) is 2.35. The van der Waals surface area contributed by atoms with E-state index in [0.717, 1.165) is 51.0 Å². The second kappa shape index (κ2) is 7.05. The van der Waals surface area contributed by atoms with Crippen molar-refractivity contribution in [2.45, 2.75) is 38.1 Å². The lowest BCUT2D eigenvalue weighted by molar-refractivity contribution is -0.130. The number of hydrogen-bond acceptors (Lipinski definition) is 3. The molecule has 1 amide bonds. The molecule has 0 N–H and O–H groups in total. The van der Waals surface area contributed by atoms with Crippen LogP contribution in [0.1, 0.15) is 42.5 Å². The van der Waals surface area contributed by atoms with Gasteiger partial charge in [0, 0.05) is 44.1 Å². The molecule has 4 nitrogen and oxygen atoms in total. The Morgan fingerprint density at radius 2 is 1.95 bits per heavy atom. The van der Waals surface area contributed by atoms with E-state index in [1.807, 2.05) is 30.3 Å². The van der Waals surface area contributed by atoms with Crippen LogP contribution < -0.4 is 0 Å². The maximum Gasteiger partial charge on any atom is 0.222 e. The minimum absolute atomic E-state index is 0.208. The van der Waals surface area contributed by atoms with E-state index < -0.39 is 0 Å². The number of rotatable bonds is 5. The van der Waals surface area contributed by atoms with Gasteiger partial charge in [-0.2, -0.15) is 0 Å². The molecule has 2 fully saturated rings. The molecule has 0 bridgehead atoms. The van der Waals surface area contributed by atoms with E-state index >= 15 is 0 Å². The lowest BCUT2D eigenvalue weighted by Crippen LogP contribution is -2.48. The highest BCUT2D eigenvalue weighted by molar-refractivity contribution is 5.96. The summed E-state index contributed by atoms with van der Waals surface area (Å²) in [5.74, 6) is 0.521. The van der Waals surface area contributed by atoms with Crippen molar-refractivity contribution in [3.63, 3.8) is 0 Å². The molecule has 0 aromatic heterocycles. The van der Waals surface area contributed by atoms with Gasteiger partial charge in [-0.3, -0.25) is 9.59 Å². The molecule has 2 aliphatic heterocycles. The maximum atomic E-state index is 12.2. The third kappa shape index (κ3) is 3.55. The summed E-state index contributed by atoms with van der Waals surface area (Å²) in [6.07, 6.45) is 4.50. The van der Waals surface area contributed by atoms with E-state index in [2.05, 4.69) is 9.80 Å². The van der Waals surface area contributed by atoms with Crippen LogP contribution in [0.5, 0.6) is 0 Å². The van der Waals surface area contributed by atoms with Gasteiger partial charge in [-0.05, 0) is 25.8 Å². The van der Waals surface area contributed by atoms with Crippen molar-refractivity contribution >= 4 is 11.7 Å². The molecule has 1 atom stereocenters. The lowest BCUT2D eigenvalue weighted by atomic mass is 10.0. The Balaban J connectivity index is 1.50. The first-order valence-corrected chi connectivity index (χ1v) is 8.34. The van der Waals surface area contributed by atoms with Gasteiger partial charge in [0.15, 0.2) is 5.78 Å². The summed E-state index contributed by atoms with van der Waals surface area (Å²) in [7, 11) is 0. The zero-order valence-corrected chi connectivity index (χ0v) is 13.0. The van der Waals surface area contributed by atoms with E-state index in [0.29, 0.717) is 24.8 Å². The van der Waals surface area contributed by atoms with Crippen LogP contribution in [0.15, 0.2) is 30.3 Å². The minimum Gasteiger partial charge on any atom is -0.338 e. The van der Waals surface area contributed by atoms with Crippen molar-refractivity contribution in [2.75, 3.05) is 26.2 Å². The average Bonchev–Trinajstić information content (AvgIpc) is 3.00. The van der Waals surface area contributed by atoms with Crippen LogP contribution >= 0.6 is 0 Å². The number of nitrogens with zero attached hydrogens (tertiary/aromatic N) is 2. The number of benzene rings is 1. The highest BCUT2D eigenvalue weighted by Crippen LogP contribution is 2.21. The van der Waals surface area contributed by atoms with E-state index in [9.17, 15) is 9.59 Å². The summed E-state index contributed by atoms with van der Waals surface area (Å²) in [4.78, 5) is 28.5. The molecule has 22 heavy (non-hydrogen) atoms. The summed E-state index contributed by atoms with van der Waals surface area (Å²) in [5.41, 5.74) is 0.797. The Kier molecular flexibility index (Phi) is 4.88. The van der Waals surface area contributed by atoms with E-state index in [4.69, 9.17) is 0 Å². The SMILES string of the molecule is O=C(CCN1CCC[C@@H](N2CCCC2=O)C1)c1ccccc1.